The molecule has 0 fully saturated rings. The van der Waals surface area contributed by atoms with Crippen LogP contribution in [0.15, 0.2) is 76.7 Å². The molecule has 1 heterocycles. The average Bonchev–Trinajstić information content (AvgIpc) is 2.89. The zero-order valence-electron chi connectivity index (χ0n) is 20.4. The van der Waals surface area contributed by atoms with E-state index >= 15 is 0 Å². The number of aryl methyl sites for hydroxylation is 2. The summed E-state index contributed by atoms with van der Waals surface area (Å²) >= 11 is 1.19. The predicted molar refractivity (Wildman–Crippen MR) is 143 cm³/mol. The molecule has 0 aliphatic heterocycles. The van der Waals surface area contributed by atoms with Crippen LogP contribution in [0, 0.1) is 25.2 Å². The van der Waals surface area contributed by atoms with Crippen LogP contribution in [0.4, 0.5) is 5.69 Å². The number of hydrogen-bond donors (Lipinski definition) is 0. The molecule has 8 heteroatoms. The normalized spacial score (nSPS) is 10.7. The van der Waals surface area contributed by atoms with Crippen LogP contribution in [0.1, 0.15) is 17.5 Å². The van der Waals surface area contributed by atoms with Crippen molar-refractivity contribution < 1.29 is 9.53 Å². The molecule has 36 heavy (non-hydrogen) atoms. The van der Waals surface area contributed by atoms with Crippen molar-refractivity contribution in [1.82, 2.24) is 9.55 Å². The summed E-state index contributed by atoms with van der Waals surface area (Å²) < 4.78 is 6.86. The van der Waals surface area contributed by atoms with E-state index in [1.807, 2.05) is 38.1 Å². The molecule has 0 aliphatic rings. The smallest absolute Gasteiger partial charge is 0.266 e. The summed E-state index contributed by atoms with van der Waals surface area (Å²) in [6.07, 6.45) is 0.214. The molecule has 0 N–H and O–H groups in total. The van der Waals surface area contributed by atoms with Crippen molar-refractivity contribution in [2.75, 3.05) is 24.3 Å². The second-order valence-electron chi connectivity index (χ2n) is 8.26. The summed E-state index contributed by atoms with van der Waals surface area (Å²) in [6.45, 7) is 4.29. The highest BCUT2D eigenvalue weighted by atomic mass is 32.2. The molecular formula is C28H26N4O3S. The van der Waals surface area contributed by atoms with E-state index in [2.05, 4.69) is 6.07 Å². The molecule has 4 aromatic rings. The number of para-hydroxylation sites is 1. The van der Waals surface area contributed by atoms with Crippen molar-refractivity contribution in [3.8, 4) is 17.5 Å². The molecule has 0 spiro atoms. The number of benzene rings is 3. The van der Waals surface area contributed by atoms with Gasteiger partial charge in [-0.25, -0.2) is 4.98 Å². The number of methoxy groups -OCH3 is 1. The van der Waals surface area contributed by atoms with Crippen molar-refractivity contribution in [3.63, 3.8) is 0 Å². The first-order chi connectivity index (χ1) is 17.4. The molecule has 4 rings (SSSR count). The highest BCUT2D eigenvalue weighted by Crippen LogP contribution is 2.25. The van der Waals surface area contributed by atoms with E-state index in [0.29, 0.717) is 27.5 Å². The Balaban J connectivity index is 1.71. The largest absolute Gasteiger partial charge is 0.497 e. The number of aromatic nitrogens is 2. The number of hydrogen-bond acceptors (Lipinski definition) is 6. The van der Waals surface area contributed by atoms with Crippen molar-refractivity contribution in [2.45, 2.75) is 25.4 Å². The van der Waals surface area contributed by atoms with Gasteiger partial charge in [-0.2, -0.15) is 5.26 Å². The molecule has 0 unspecified atom stereocenters. The van der Waals surface area contributed by atoms with Gasteiger partial charge in [-0.15, -0.1) is 0 Å². The van der Waals surface area contributed by atoms with Crippen LogP contribution in [-0.2, 0) is 4.79 Å². The molecule has 1 aromatic heterocycles. The summed E-state index contributed by atoms with van der Waals surface area (Å²) in [4.78, 5) is 33.2. The number of carbonyl (C=O) groups is 1. The number of carbonyl (C=O) groups excluding carboxylic acids is 1. The summed E-state index contributed by atoms with van der Waals surface area (Å²) in [6, 6.07) is 22.3. The first-order valence-electron chi connectivity index (χ1n) is 11.5. The Morgan fingerprint density at radius 3 is 2.64 bits per heavy atom. The first-order valence-corrected chi connectivity index (χ1v) is 12.4. The van der Waals surface area contributed by atoms with Gasteiger partial charge in [0, 0.05) is 18.3 Å². The van der Waals surface area contributed by atoms with E-state index < -0.39 is 0 Å². The van der Waals surface area contributed by atoms with Gasteiger partial charge in [-0.3, -0.25) is 14.2 Å². The zero-order chi connectivity index (χ0) is 25.7. The predicted octanol–water partition coefficient (Wildman–Crippen LogP) is 5.05. The quantitative estimate of drug-likeness (QED) is 0.250. The summed E-state index contributed by atoms with van der Waals surface area (Å²) in [5.74, 6) is 0.489. The van der Waals surface area contributed by atoms with Gasteiger partial charge in [-0.1, -0.05) is 36.0 Å². The van der Waals surface area contributed by atoms with E-state index in [1.165, 1.54) is 16.3 Å². The fraction of sp³-hybridized carbons (Fsp3) is 0.214. The van der Waals surface area contributed by atoms with Crippen LogP contribution in [-0.4, -0.2) is 34.9 Å². The van der Waals surface area contributed by atoms with Crippen LogP contribution < -0.4 is 15.2 Å². The van der Waals surface area contributed by atoms with Gasteiger partial charge in [0.05, 0.1) is 41.9 Å². The lowest BCUT2D eigenvalue weighted by molar-refractivity contribution is -0.116. The monoisotopic (exact) mass is 498 g/mol. The Labute approximate surface area is 214 Å². The number of amides is 1. The van der Waals surface area contributed by atoms with Crippen molar-refractivity contribution in [1.29, 1.82) is 5.26 Å². The number of anilines is 1. The minimum Gasteiger partial charge on any atom is -0.497 e. The van der Waals surface area contributed by atoms with E-state index in [4.69, 9.17) is 15.0 Å². The highest BCUT2D eigenvalue weighted by Gasteiger charge is 2.20. The standard InChI is InChI=1S/C28H26N4O3S/c1-19-12-13-21(16-20(19)2)31(15-7-14-29)26(33)18-36-28-30-25-11-5-4-10-24(25)27(34)32(28)22-8-6-9-23(17-22)35-3/h4-6,8-13,16-17H,7,15,18H2,1-3H3. The van der Waals surface area contributed by atoms with Gasteiger partial charge < -0.3 is 9.64 Å². The molecule has 0 aliphatic carbocycles. The number of fused-ring (bicyclic) bond motifs is 1. The second-order valence-corrected chi connectivity index (χ2v) is 9.21. The topological polar surface area (TPSA) is 88.2 Å². The molecule has 0 atom stereocenters. The fourth-order valence-electron chi connectivity index (χ4n) is 3.84. The fourth-order valence-corrected chi connectivity index (χ4v) is 4.73. The minimum absolute atomic E-state index is 0.0487. The average molecular weight is 499 g/mol. The maximum absolute atomic E-state index is 13.5. The third-order valence-corrected chi connectivity index (χ3v) is 6.85. The lowest BCUT2D eigenvalue weighted by Crippen LogP contribution is -2.33. The molecule has 0 saturated heterocycles. The Kier molecular flexibility index (Phi) is 7.71. The molecule has 0 bridgehead atoms. The van der Waals surface area contributed by atoms with E-state index in [9.17, 15) is 9.59 Å². The number of thioether (sulfide) groups is 1. The molecule has 1 amide bonds. The van der Waals surface area contributed by atoms with Crippen LogP contribution in [0.2, 0.25) is 0 Å². The zero-order valence-corrected chi connectivity index (χ0v) is 21.2. The second kappa shape index (κ2) is 11.1. The third kappa shape index (κ3) is 5.26. The SMILES string of the molecule is COc1cccc(-n2c(SCC(=O)N(CCC#N)c3ccc(C)c(C)c3)nc3ccccc3c2=O)c1. The Morgan fingerprint density at radius 2 is 1.89 bits per heavy atom. The number of nitrogens with zero attached hydrogens (tertiary/aromatic N) is 4. The number of ether oxygens (including phenoxy) is 1. The molecular weight excluding hydrogens is 472 g/mol. The summed E-state index contributed by atoms with van der Waals surface area (Å²) in [7, 11) is 1.57. The first kappa shape index (κ1) is 25.0. The maximum Gasteiger partial charge on any atom is 0.266 e. The molecule has 0 saturated carbocycles. The van der Waals surface area contributed by atoms with Crippen LogP contribution in [0.25, 0.3) is 16.6 Å². The van der Waals surface area contributed by atoms with Gasteiger partial charge in [0.25, 0.3) is 5.56 Å². The summed E-state index contributed by atoms with van der Waals surface area (Å²) in [5, 5.41) is 10.0. The number of rotatable bonds is 8. The Hall–Kier alpha value is -4.09. The van der Waals surface area contributed by atoms with Gasteiger partial charge in [0.1, 0.15) is 5.75 Å². The highest BCUT2D eigenvalue weighted by molar-refractivity contribution is 7.99. The Bertz CT molecular complexity index is 1520. The molecule has 182 valence electrons. The molecule has 3 aromatic carbocycles. The molecule has 7 nitrogen and oxygen atoms in total. The molecule has 0 radical (unpaired) electrons. The van der Waals surface area contributed by atoms with Crippen LogP contribution in [0.5, 0.6) is 5.75 Å². The van der Waals surface area contributed by atoms with E-state index in [1.54, 1.807) is 54.5 Å². The van der Waals surface area contributed by atoms with Crippen LogP contribution in [0.3, 0.4) is 0 Å². The van der Waals surface area contributed by atoms with Gasteiger partial charge >= 0.3 is 0 Å². The lowest BCUT2D eigenvalue weighted by atomic mass is 10.1. The van der Waals surface area contributed by atoms with Crippen LogP contribution >= 0.6 is 11.8 Å². The van der Waals surface area contributed by atoms with E-state index in [-0.39, 0.29) is 30.2 Å². The van der Waals surface area contributed by atoms with Gasteiger partial charge in [0.15, 0.2) is 5.16 Å². The van der Waals surface area contributed by atoms with Crippen molar-refractivity contribution >= 4 is 34.3 Å². The van der Waals surface area contributed by atoms with Crippen molar-refractivity contribution in [2.24, 2.45) is 0 Å². The summed E-state index contributed by atoms with van der Waals surface area (Å²) in [5.41, 5.74) is 3.88. The van der Waals surface area contributed by atoms with Crippen molar-refractivity contribution in [3.05, 3.63) is 88.2 Å². The minimum atomic E-state index is -0.223. The maximum atomic E-state index is 13.5. The number of nitriles is 1. The van der Waals surface area contributed by atoms with Gasteiger partial charge in [-0.05, 0) is 61.4 Å². The van der Waals surface area contributed by atoms with Gasteiger partial charge in [0.2, 0.25) is 5.91 Å². The lowest BCUT2D eigenvalue weighted by Gasteiger charge is -2.23. The van der Waals surface area contributed by atoms with E-state index in [0.717, 1.165) is 16.8 Å². The Morgan fingerprint density at radius 1 is 1.08 bits per heavy atom. The third-order valence-electron chi connectivity index (χ3n) is 5.93.